The van der Waals surface area contributed by atoms with Crippen LogP contribution in [0.3, 0.4) is 0 Å². The predicted molar refractivity (Wildman–Crippen MR) is 49.7 cm³/mol. The fraction of sp³-hybridized carbons (Fsp3) is 0.600. The van der Waals surface area contributed by atoms with Crippen LogP contribution in [0.1, 0.15) is 31.5 Å². The van der Waals surface area contributed by atoms with Gasteiger partial charge in [-0.1, -0.05) is 0 Å². The lowest BCUT2D eigenvalue weighted by atomic mass is 10.3. The summed E-state index contributed by atoms with van der Waals surface area (Å²) in [5.41, 5.74) is 0. The van der Waals surface area contributed by atoms with Gasteiger partial charge in [-0.2, -0.15) is 0 Å². The highest BCUT2D eigenvalue weighted by molar-refractivity contribution is 5.12. The summed E-state index contributed by atoms with van der Waals surface area (Å²) in [6.45, 7) is 1.87. The number of aromatic nitrogens is 2. The molecule has 0 spiro atoms. The highest BCUT2D eigenvalue weighted by Gasteiger charge is 2.16. The van der Waals surface area contributed by atoms with Gasteiger partial charge in [0.25, 0.3) is 0 Å². The zero-order valence-electron chi connectivity index (χ0n) is 7.86. The number of hydrogen-bond acceptors (Lipinski definition) is 3. The molecule has 3 heteroatoms. The zero-order chi connectivity index (χ0) is 9.10. The molecule has 0 aliphatic heterocycles. The molecule has 0 saturated heterocycles. The molecule has 0 bridgehead atoms. The van der Waals surface area contributed by atoms with E-state index in [1.165, 1.54) is 25.7 Å². The van der Waals surface area contributed by atoms with Gasteiger partial charge >= 0.3 is 0 Å². The highest BCUT2D eigenvalue weighted by Crippen LogP contribution is 2.22. The van der Waals surface area contributed by atoms with Crippen LogP contribution in [-0.4, -0.2) is 16.1 Å². The lowest BCUT2D eigenvalue weighted by Gasteiger charge is -2.11. The maximum Gasteiger partial charge on any atom is 0.156 e. The molecule has 2 rings (SSSR count). The minimum absolute atomic E-state index is 0.395. The average molecular weight is 178 g/mol. The summed E-state index contributed by atoms with van der Waals surface area (Å²) < 4.78 is 5.71. The molecule has 70 valence electrons. The maximum atomic E-state index is 5.71. The average Bonchev–Trinajstić information content (AvgIpc) is 2.62. The molecule has 1 aromatic heterocycles. The molecule has 1 saturated carbocycles. The fourth-order valence-electron chi connectivity index (χ4n) is 1.64. The van der Waals surface area contributed by atoms with Crippen LogP contribution in [0.4, 0.5) is 0 Å². The van der Waals surface area contributed by atoms with Crippen molar-refractivity contribution in [1.82, 2.24) is 9.97 Å². The van der Waals surface area contributed by atoms with Gasteiger partial charge in [0.1, 0.15) is 5.82 Å². The smallest absolute Gasteiger partial charge is 0.156 e. The van der Waals surface area contributed by atoms with E-state index in [9.17, 15) is 0 Å². The molecule has 1 fully saturated rings. The molecular formula is C10H14N2O. The van der Waals surface area contributed by atoms with Crippen LogP contribution in [-0.2, 0) is 0 Å². The third-order valence-electron chi connectivity index (χ3n) is 2.36. The second kappa shape index (κ2) is 3.73. The van der Waals surface area contributed by atoms with Crippen LogP contribution in [0.5, 0.6) is 5.75 Å². The SMILES string of the molecule is Cc1ncc(OC2CCCC2)cn1. The Balaban J connectivity index is 1.97. The molecule has 13 heavy (non-hydrogen) atoms. The van der Waals surface area contributed by atoms with Crippen molar-refractivity contribution in [2.75, 3.05) is 0 Å². The maximum absolute atomic E-state index is 5.71. The number of aryl methyl sites for hydroxylation is 1. The molecule has 0 aromatic carbocycles. The van der Waals surface area contributed by atoms with E-state index in [1.54, 1.807) is 12.4 Å². The molecule has 1 aromatic rings. The van der Waals surface area contributed by atoms with Gasteiger partial charge in [-0.3, -0.25) is 0 Å². The van der Waals surface area contributed by atoms with Gasteiger partial charge in [-0.05, 0) is 32.6 Å². The Labute approximate surface area is 78.2 Å². The van der Waals surface area contributed by atoms with E-state index in [-0.39, 0.29) is 0 Å². The monoisotopic (exact) mass is 178 g/mol. The molecule has 1 heterocycles. The Bertz CT molecular complexity index is 265. The van der Waals surface area contributed by atoms with Crippen LogP contribution < -0.4 is 4.74 Å². The molecule has 1 aliphatic carbocycles. The summed E-state index contributed by atoms with van der Waals surface area (Å²) in [5, 5.41) is 0. The van der Waals surface area contributed by atoms with Gasteiger partial charge in [-0.15, -0.1) is 0 Å². The first-order valence-corrected chi connectivity index (χ1v) is 4.80. The first kappa shape index (κ1) is 8.48. The standard InChI is InChI=1S/C10H14N2O/c1-8-11-6-10(7-12-8)13-9-4-2-3-5-9/h6-7,9H,2-5H2,1H3. The summed E-state index contributed by atoms with van der Waals surface area (Å²) in [6.07, 6.45) is 8.82. The summed E-state index contributed by atoms with van der Waals surface area (Å²) in [4.78, 5) is 8.17. The van der Waals surface area contributed by atoms with Crippen LogP contribution in [0.15, 0.2) is 12.4 Å². The topological polar surface area (TPSA) is 35.0 Å². The second-order valence-corrected chi connectivity index (χ2v) is 3.49. The van der Waals surface area contributed by atoms with E-state index in [4.69, 9.17) is 4.74 Å². The van der Waals surface area contributed by atoms with E-state index in [0.717, 1.165) is 11.6 Å². The van der Waals surface area contributed by atoms with E-state index in [0.29, 0.717) is 6.10 Å². The lowest BCUT2D eigenvalue weighted by Crippen LogP contribution is -2.11. The van der Waals surface area contributed by atoms with Crippen molar-refractivity contribution < 1.29 is 4.74 Å². The van der Waals surface area contributed by atoms with E-state index in [2.05, 4.69) is 9.97 Å². The first-order valence-electron chi connectivity index (χ1n) is 4.80. The Morgan fingerprint density at radius 2 is 1.85 bits per heavy atom. The molecular weight excluding hydrogens is 164 g/mol. The van der Waals surface area contributed by atoms with E-state index < -0.39 is 0 Å². The largest absolute Gasteiger partial charge is 0.487 e. The van der Waals surface area contributed by atoms with Gasteiger partial charge in [0, 0.05) is 0 Å². The summed E-state index contributed by atoms with van der Waals surface area (Å²) in [6, 6.07) is 0. The first-order chi connectivity index (χ1) is 6.34. The van der Waals surface area contributed by atoms with Gasteiger partial charge in [-0.25, -0.2) is 9.97 Å². The number of rotatable bonds is 2. The minimum atomic E-state index is 0.395. The Morgan fingerprint density at radius 3 is 2.46 bits per heavy atom. The fourth-order valence-corrected chi connectivity index (χ4v) is 1.64. The molecule has 0 N–H and O–H groups in total. The second-order valence-electron chi connectivity index (χ2n) is 3.49. The molecule has 0 amide bonds. The third-order valence-corrected chi connectivity index (χ3v) is 2.36. The summed E-state index contributed by atoms with van der Waals surface area (Å²) >= 11 is 0. The quantitative estimate of drug-likeness (QED) is 0.695. The molecule has 0 unspecified atom stereocenters. The van der Waals surface area contributed by atoms with Crippen molar-refractivity contribution in [3.63, 3.8) is 0 Å². The summed E-state index contributed by atoms with van der Waals surface area (Å²) in [5.74, 6) is 1.59. The van der Waals surface area contributed by atoms with Gasteiger partial charge in [0.15, 0.2) is 5.75 Å². The van der Waals surface area contributed by atoms with Crippen molar-refractivity contribution >= 4 is 0 Å². The van der Waals surface area contributed by atoms with Crippen LogP contribution >= 0.6 is 0 Å². The molecule has 1 aliphatic rings. The van der Waals surface area contributed by atoms with Crippen molar-refractivity contribution in [2.45, 2.75) is 38.7 Å². The van der Waals surface area contributed by atoms with Crippen molar-refractivity contribution in [2.24, 2.45) is 0 Å². The minimum Gasteiger partial charge on any atom is -0.487 e. The Kier molecular flexibility index (Phi) is 2.43. The number of nitrogens with zero attached hydrogens (tertiary/aromatic N) is 2. The van der Waals surface area contributed by atoms with Gasteiger partial charge in [0.05, 0.1) is 18.5 Å². The zero-order valence-corrected chi connectivity index (χ0v) is 7.86. The molecule has 0 radical (unpaired) electrons. The lowest BCUT2D eigenvalue weighted by molar-refractivity contribution is 0.208. The predicted octanol–water partition coefficient (Wildman–Crippen LogP) is 2.11. The summed E-state index contributed by atoms with van der Waals surface area (Å²) in [7, 11) is 0. The number of hydrogen-bond donors (Lipinski definition) is 0. The third kappa shape index (κ3) is 2.17. The van der Waals surface area contributed by atoms with Crippen molar-refractivity contribution in [3.8, 4) is 5.75 Å². The van der Waals surface area contributed by atoms with Gasteiger partial charge < -0.3 is 4.74 Å². The normalized spacial score (nSPS) is 17.6. The van der Waals surface area contributed by atoms with Crippen LogP contribution in [0.2, 0.25) is 0 Å². The van der Waals surface area contributed by atoms with Crippen LogP contribution in [0, 0.1) is 6.92 Å². The number of ether oxygens (including phenoxy) is 1. The van der Waals surface area contributed by atoms with E-state index >= 15 is 0 Å². The van der Waals surface area contributed by atoms with E-state index in [1.807, 2.05) is 6.92 Å². The van der Waals surface area contributed by atoms with Crippen molar-refractivity contribution in [1.29, 1.82) is 0 Å². The van der Waals surface area contributed by atoms with Crippen LogP contribution in [0.25, 0.3) is 0 Å². The Morgan fingerprint density at radius 1 is 1.23 bits per heavy atom. The molecule has 0 atom stereocenters. The highest BCUT2D eigenvalue weighted by atomic mass is 16.5. The van der Waals surface area contributed by atoms with Gasteiger partial charge in [0.2, 0.25) is 0 Å². The van der Waals surface area contributed by atoms with Crippen molar-refractivity contribution in [3.05, 3.63) is 18.2 Å². The Hall–Kier alpha value is -1.12. The molecule has 3 nitrogen and oxygen atoms in total.